The van der Waals surface area contributed by atoms with Crippen molar-refractivity contribution in [3.8, 4) is 11.5 Å². The van der Waals surface area contributed by atoms with Crippen molar-refractivity contribution < 1.29 is 9.21 Å². The van der Waals surface area contributed by atoms with Crippen molar-refractivity contribution in [1.29, 1.82) is 0 Å². The van der Waals surface area contributed by atoms with Gasteiger partial charge in [-0.15, -0.1) is 10.2 Å². The van der Waals surface area contributed by atoms with Gasteiger partial charge in [-0.3, -0.25) is 0 Å². The first-order valence-corrected chi connectivity index (χ1v) is 9.11. The molecule has 2 heterocycles. The highest BCUT2D eigenvalue weighted by atomic mass is 16.4. The maximum atomic E-state index is 12.8. The number of carbonyl (C=O) groups is 1. The maximum absolute atomic E-state index is 12.8. The van der Waals surface area contributed by atoms with Crippen LogP contribution in [0.3, 0.4) is 0 Å². The van der Waals surface area contributed by atoms with E-state index in [1.807, 2.05) is 24.3 Å². The molecule has 1 aromatic carbocycles. The molecule has 1 saturated heterocycles. The first-order chi connectivity index (χ1) is 12.1. The van der Waals surface area contributed by atoms with Crippen LogP contribution in [0.1, 0.15) is 44.9 Å². The molecule has 6 heteroatoms. The minimum Gasteiger partial charge on any atom is -0.421 e. The normalized spacial score (nSPS) is 25.7. The lowest BCUT2D eigenvalue weighted by Crippen LogP contribution is -2.44. The summed E-state index contributed by atoms with van der Waals surface area (Å²) in [6.07, 6.45) is 6.07. The van der Waals surface area contributed by atoms with E-state index in [4.69, 9.17) is 4.42 Å². The summed E-state index contributed by atoms with van der Waals surface area (Å²) >= 11 is 0. The predicted octanol–water partition coefficient (Wildman–Crippen LogP) is 4.23. The number of amides is 2. The minimum absolute atomic E-state index is 0.0169. The van der Waals surface area contributed by atoms with Crippen molar-refractivity contribution >= 4 is 11.7 Å². The van der Waals surface area contributed by atoms with Crippen LogP contribution in [0.15, 0.2) is 28.7 Å². The third-order valence-electron chi connectivity index (χ3n) is 5.49. The number of benzene rings is 1. The SMILES string of the molecule is Cc1nnc(-c2ccc(NC(=O)N3[C@H](C)C[C@@H]4CCCC[C@H]43)cc2)o1. The van der Waals surface area contributed by atoms with Gasteiger partial charge in [-0.05, 0) is 56.4 Å². The Morgan fingerprint density at radius 3 is 2.68 bits per heavy atom. The molecule has 2 amide bonds. The van der Waals surface area contributed by atoms with E-state index in [0.29, 0.717) is 29.8 Å². The summed E-state index contributed by atoms with van der Waals surface area (Å²) in [5.41, 5.74) is 1.64. The van der Waals surface area contributed by atoms with Crippen molar-refractivity contribution in [3.63, 3.8) is 0 Å². The topological polar surface area (TPSA) is 71.3 Å². The molecule has 6 nitrogen and oxygen atoms in total. The average molecular weight is 340 g/mol. The molecular weight excluding hydrogens is 316 g/mol. The van der Waals surface area contributed by atoms with E-state index in [0.717, 1.165) is 24.1 Å². The lowest BCUT2D eigenvalue weighted by atomic mass is 9.85. The fourth-order valence-corrected chi connectivity index (χ4v) is 4.36. The Hall–Kier alpha value is -2.37. The van der Waals surface area contributed by atoms with Gasteiger partial charge in [-0.2, -0.15) is 0 Å². The molecule has 1 aliphatic carbocycles. The summed E-state index contributed by atoms with van der Waals surface area (Å²) < 4.78 is 5.43. The second-order valence-corrected chi connectivity index (χ2v) is 7.24. The van der Waals surface area contributed by atoms with Crippen LogP contribution < -0.4 is 5.32 Å². The largest absolute Gasteiger partial charge is 0.421 e. The number of hydrogen-bond donors (Lipinski definition) is 1. The van der Waals surface area contributed by atoms with Gasteiger partial charge in [0, 0.05) is 30.3 Å². The molecule has 1 saturated carbocycles. The van der Waals surface area contributed by atoms with E-state index in [9.17, 15) is 4.79 Å². The number of urea groups is 1. The van der Waals surface area contributed by atoms with Crippen molar-refractivity contribution in [3.05, 3.63) is 30.2 Å². The molecule has 132 valence electrons. The average Bonchev–Trinajstić information content (AvgIpc) is 3.18. The molecule has 2 fully saturated rings. The van der Waals surface area contributed by atoms with Crippen LogP contribution >= 0.6 is 0 Å². The Morgan fingerprint density at radius 2 is 1.96 bits per heavy atom. The van der Waals surface area contributed by atoms with Gasteiger partial charge < -0.3 is 14.6 Å². The number of anilines is 1. The van der Waals surface area contributed by atoms with Crippen LogP contribution in [0.5, 0.6) is 0 Å². The van der Waals surface area contributed by atoms with Crippen molar-refractivity contribution in [2.45, 2.75) is 58.0 Å². The van der Waals surface area contributed by atoms with E-state index in [-0.39, 0.29) is 6.03 Å². The Bertz CT molecular complexity index is 755. The zero-order valence-corrected chi connectivity index (χ0v) is 14.7. The van der Waals surface area contributed by atoms with Crippen molar-refractivity contribution in [2.75, 3.05) is 5.32 Å². The summed E-state index contributed by atoms with van der Waals surface area (Å²) in [6.45, 7) is 3.93. The van der Waals surface area contributed by atoms with Gasteiger partial charge in [0.15, 0.2) is 0 Å². The molecule has 0 unspecified atom stereocenters. The molecule has 2 aromatic rings. The Labute approximate surface area is 147 Å². The van der Waals surface area contributed by atoms with Gasteiger partial charge in [0.2, 0.25) is 11.8 Å². The smallest absolute Gasteiger partial charge is 0.322 e. The van der Waals surface area contributed by atoms with Gasteiger partial charge in [0.1, 0.15) is 0 Å². The van der Waals surface area contributed by atoms with Crippen LogP contribution in [0, 0.1) is 12.8 Å². The molecule has 25 heavy (non-hydrogen) atoms. The van der Waals surface area contributed by atoms with Gasteiger partial charge in [-0.1, -0.05) is 12.8 Å². The zero-order valence-electron chi connectivity index (χ0n) is 14.7. The minimum atomic E-state index is 0.0169. The molecule has 4 rings (SSSR count). The number of aromatic nitrogens is 2. The Balaban J connectivity index is 1.45. The van der Waals surface area contributed by atoms with Crippen molar-refractivity contribution in [2.24, 2.45) is 5.92 Å². The Morgan fingerprint density at radius 1 is 1.20 bits per heavy atom. The van der Waals surface area contributed by atoms with E-state index in [1.54, 1.807) is 6.92 Å². The predicted molar refractivity (Wildman–Crippen MR) is 95.2 cm³/mol. The summed E-state index contributed by atoms with van der Waals surface area (Å²) in [5.74, 6) is 1.71. The second kappa shape index (κ2) is 6.50. The van der Waals surface area contributed by atoms with Gasteiger partial charge in [0.25, 0.3) is 0 Å². The summed E-state index contributed by atoms with van der Waals surface area (Å²) in [4.78, 5) is 14.9. The second-order valence-electron chi connectivity index (χ2n) is 7.24. The van der Waals surface area contributed by atoms with E-state index in [1.165, 1.54) is 19.3 Å². The number of likely N-dealkylation sites (tertiary alicyclic amines) is 1. The van der Waals surface area contributed by atoms with Crippen LogP contribution in [0.2, 0.25) is 0 Å². The lowest BCUT2D eigenvalue weighted by Gasteiger charge is -2.33. The number of rotatable bonds is 2. The van der Waals surface area contributed by atoms with Crippen LogP contribution in [0.25, 0.3) is 11.5 Å². The number of carbonyl (C=O) groups excluding carboxylic acids is 1. The molecule has 0 radical (unpaired) electrons. The van der Waals surface area contributed by atoms with Gasteiger partial charge >= 0.3 is 6.03 Å². The van der Waals surface area contributed by atoms with E-state index in [2.05, 4.69) is 27.3 Å². The summed E-state index contributed by atoms with van der Waals surface area (Å²) in [5, 5.41) is 10.9. The first kappa shape index (κ1) is 16.1. The van der Waals surface area contributed by atoms with Crippen LogP contribution in [0.4, 0.5) is 10.5 Å². The highest BCUT2D eigenvalue weighted by molar-refractivity contribution is 5.90. The lowest BCUT2D eigenvalue weighted by molar-refractivity contribution is 0.168. The monoisotopic (exact) mass is 340 g/mol. The molecule has 0 spiro atoms. The molecule has 3 atom stereocenters. The summed E-state index contributed by atoms with van der Waals surface area (Å²) in [7, 11) is 0. The Kier molecular flexibility index (Phi) is 4.19. The molecule has 2 aliphatic rings. The highest BCUT2D eigenvalue weighted by Crippen LogP contribution is 2.39. The number of aryl methyl sites for hydroxylation is 1. The maximum Gasteiger partial charge on any atom is 0.322 e. The standard InChI is InChI=1S/C19H24N4O2/c1-12-11-15-5-3-4-6-17(15)23(12)19(24)20-16-9-7-14(8-10-16)18-22-21-13(2)25-18/h7-10,12,15,17H,3-6,11H2,1-2H3,(H,20,24)/t12-,15+,17-/m1/s1. The number of hydrogen-bond acceptors (Lipinski definition) is 4. The molecule has 1 N–H and O–H groups in total. The number of fused-ring (bicyclic) bond motifs is 1. The molecule has 1 aliphatic heterocycles. The van der Waals surface area contributed by atoms with Crippen LogP contribution in [-0.2, 0) is 0 Å². The third kappa shape index (κ3) is 3.13. The van der Waals surface area contributed by atoms with Gasteiger partial charge in [0.05, 0.1) is 0 Å². The van der Waals surface area contributed by atoms with Gasteiger partial charge in [-0.25, -0.2) is 4.79 Å². The molecule has 1 aromatic heterocycles. The molecule has 0 bridgehead atoms. The van der Waals surface area contributed by atoms with E-state index >= 15 is 0 Å². The van der Waals surface area contributed by atoms with E-state index < -0.39 is 0 Å². The zero-order chi connectivity index (χ0) is 17.4. The fourth-order valence-electron chi connectivity index (χ4n) is 4.36. The first-order valence-electron chi connectivity index (χ1n) is 9.11. The summed E-state index contributed by atoms with van der Waals surface area (Å²) in [6, 6.07) is 8.28. The third-order valence-corrected chi connectivity index (χ3v) is 5.49. The number of nitrogens with zero attached hydrogens (tertiary/aromatic N) is 3. The fraction of sp³-hybridized carbons (Fsp3) is 0.526. The molecular formula is C19H24N4O2. The quantitative estimate of drug-likeness (QED) is 0.888. The number of nitrogens with one attached hydrogen (secondary N) is 1. The van der Waals surface area contributed by atoms with Crippen molar-refractivity contribution in [1.82, 2.24) is 15.1 Å². The highest BCUT2D eigenvalue weighted by Gasteiger charge is 2.42. The van der Waals surface area contributed by atoms with Crippen LogP contribution in [-0.4, -0.2) is 33.2 Å².